The molecule has 0 spiro atoms. The van der Waals surface area contributed by atoms with Crippen LogP contribution in [0.3, 0.4) is 0 Å². The zero-order valence-electron chi connectivity index (χ0n) is 11.1. The molecule has 2 heteroatoms. The van der Waals surface area contributed by atoms with Crippen molar-refractivity contribution in [3.63, 3.8) is 0 Å². The summed E-state index contributed by atoms with van der Waals surface area (Å²) in [5.41, 5.74) is 0. The van der Waals surface area contributed by atoms with Gasteiger partial charge in [-0.25, -0.2) is 0 Å². The molecule has 0 N–H and O–H groups in total. The van der Waals surface area contributed by atoms with Gasteiger partial charge in [0.05, 0.1) is 0 Å². The lowest BCUT2D eigenvalue weighted by Crippen LogP contribution is -2.19. The normalized spacial score (nSPS) is 11.2. The van der Waals surface area contributed by atoms with E-state index in [-0.39, 0.29) is 8.31 Å². The first-order valence-corrected chi connectivity index (χ1v) is 11.3. The fourth-order valence-corrected chi connectivity index (χ4v) is 6.57. The summed E-state index contributed by atoms with van der Waals surface area (Å²) in [5, 5.41) is 0. The maximum Gasteiger partial charge on any atom is 0.0340 e. The minimum Gasteiger partial charge on any atom is -0.0756 e. The van der Waals surface area contributed by atoms with Gasteiger partial charge in [0.15, 0.2) is 0 Å². The fourth-order valence-electron chi connectivity index (χ4n) is 1.91. The van der Waals surface area contributed by atoms with Crippen molar-refractivity contribution in [2.75, 3.05) is 0 Å². The third kappa shape index (κ3) is 10.7. The number of hydrogen-bond acceptors (Lipinski definition) is 0. The third-order valence-corrected chi connectivity index (χ3v) is 9.26. The molecule has 0 fully saturated rings. The van der Waals surface area contributed by atoms with E-state index in [4.69, 9.17) is 0 Å². The summed E-state index contributed by atoms with van der Waals surface area (Å²) >= 11 is 0. The quantitative estimate of drug-likeness (QED) is 0.357. The van der Waals surface area contributed by atoms with Crippen LogP contribution in [0.15, 0.2) is 0 Å². The van der Waals surface area contributed by atoms with Crippen LogP contribution in [0, 0.1) is 0 Å². The summed E-state index contributed by atoms with van der Waals surface area (Å²) < 4.78 is 0. The van der Waals surface area contributed by atoms with E-state index >= 15 is 0 Å². The van der Waals surface area contributed by atoms with Crippen LogP contribution in [0.5, 0.6) is 0 Å². The molecule has 0 aromatic carbocycles. The van der Waals surface area contributed by atoms with Gasteiger partial charge in [-0.1, -0.05) is 83.8 Å². The van der Waals surface area contributed by atoms with Crippen LogP contribution in [0.25, 0.3) is 0 Å². The Kier molecular flexibility index (Phi) is 12.9. The molecule has 0 atom stereocenters. The molecule has 0 aliphatic heterocycles. The van der Waals surface area contributed by atoms with Gasteiger partial charge in [0.2, 0.25) is 0 Å². The largest absolute Gasteiger partial charge is 0.0756 e. The Morgan fingerprint density at radius 2 is 1.20 bits per heavy atom. The van der Waals surface area contributed by atoms with Crippen molar-refractivity contribution < 1.29 is 0 Å². The van der Waals surface area contributed by atoms with Crippen LogP contribution in [-0.4, -0.2) is 17.4 Å². The standard InChI is InChI=1S/C13H29Si2/c1-4-6-8-10-12-15(14-3)13-11-9-7-5-2/h4-13H2,1-3H3. The summed E-state index contributed by atoms with van der Waals surface area (Å²) in [4.78, 5) is 0. The Hall–Kier alpha value is 0.434. The SMILES string of the molecule is CCCCCC[Si](CCCCCC)[Si]C. The highest BCUT2D eigenvalue weighted by atomic mass is 29.2. The van der Waals surface area contributed by atoms with E-state index in [9.17, 15) is 0 Å². The Morgan fingerprint density at radius 1 is 0.733 bits per heavy atom. The summed E-state index contributed by atoms with van der Waals surface area (Å²) in [6.45, 7) is 7.05. The molecule has 15 heavy (non-hydrogen) atoms. The first kappa shape index (κ1) is 15.4. The lowest BCUT2D eigenvalue weighted by atomic mass is 10.2. The van der Waals surface area contributed by atoms with Crippen LogP contribution >= 0.6 is 0 Å². The number of unbranched alkanes of at least 4 members (excludes halogenated alkanes) is 6. The predicted molar refractivity (Wildman–Crippen MR) is 75.3 cm³/mol. The summed E-state index contributed by atoms with van der Waals surface area (Å²) in [7, 11) is 1.36. The summed E-state index contributed by atoms with van der Waals surface area (Å²) in [6.07, 6.45) is 11.7. The van der Waals surface area contributed by atoms with Crippen LogP contribution in [-0.2, 0) is 0 Å². The maximum atomic E-state index is 2.44. The predicted octanol–water partition coefficient (Wildman–Crippen LogP) is 4.89. The number of rotatable bonds is 11. The summed E-state index contributed by atoms with van der Waals surface area (Å²) in [6, 6.07) is 3.21. The summed E-state index contributed by atoms with van der Waals surface area (Å²) in [5.74, 6) is 0. The second-order valence-corrected chi connectivity index (χ2v) is 10.8. The van der Waals surface area contributed by atoms with Gasteiger partial charge in [0.25, 0.3) is 0 Å². The van der Waals surface area contributed by atoms with Crippen molar-refractivity contribution in [1.82, 2.24) is 0 Å². The lowest BCUT2D eigenvalue weighted by Gasteiger charge is -2.11. The van der Waals surface area contributed by atoms with Gasteiger partial charge < -0.3 is 0 Å². The van der Waals surface area contributed by atoms with Gasteiger partial charge in [-0.3, -0.25) is 0 Å². The van der Waals surface area contributed by atoms with E-state index in [2.05, 4.69) is 20.4 Å². The van der Waals surface area contributed by atoms with Crippen molar-refractivity contribution in [3.8, 4) is 0 Å². The highest BCUT2D eigenvalue weighted by molar-refractivity contribution is 7.11. The molecule has 0 heterocycles. The van der Waals surface area contributed by atoms with Gasteiger partial charge in [0, 0.05) is 17.4 Å². The van der Waals surface area contributed by atoms with Gasteiger partial charge in [-0.2, -0.15) is 0 Å². The van der Waals surface area contributed by atoms with Crippen LogP contribution in [0.4, 0.5) is 0 Å². The Balaban J connectivity index is 3.29. The molecule has 0 rings (SSSR count). The van der Waals surface area contributed by atoms with Crippen LogP contribution < -0.4 is 0 Å². The maximum absolute atomic E-state index is 2.44. The molecule has 0 unspecified atom stereocenters. The molecule has 0 bridgehead atoms. The smallest absolute Gasteiger partial charge is 0.0340 e. The first-order valence-electron chi connectivity index (χ1n) is 6.87. The van der Waals surface area contributed by atoms with E-state index in [1.165, 1.54) is 60.4 Å². The Morgan fingerprint density at radius 3 is 1.53 bits per heavy atom. The van der Waals surface area contributed by atoms with Gasteiger partial charge >= 0.3 is 0 Å². The average molecular weight is 242 g/mol. The van der Waals surface area contributed by atoms with Crippen LogP contribution in [0.2, 0.25) is 18.6 Å². The monoisotopic (exact) mass is 241 g/mol. The topological polar surface area (TPSA) is 0 Å². The second-order valence-electron chi connectivity index (χ2n) is 4.47. The van der Waals surface area contributed by atoms with E-state index < -0.39 is 0 Å². The molecule has 0 amide bonds. The second kappa shape index (κ2) is 12.5. The molecule has 0 aliphatic rings. The van der Waals surface area contributed by atoms with E-state index in [1.54, 1.807) is 12.1 Å². The minimum absolute atomic E-state index is 0.0828. The van der Waals surface area contributed by atoms with Crippen molar-refractivity contribution >= 4 is 17.4 Å². The van der Waals surface area contributed by atoms with Gasteiger partial charge in [-0.05, 0) is 0 Å². The molecule has 89 valence electrons. The van der Waals surface area contributed by atoms with E-state index in [0.29, 0.717) is 0 Å². The van der Waals surface area contributed by atoms with Crippen LogP contribution in [0.1, 0.15) is 65.2 Å². The first-order chi connectivity index (χ1) is 7.35. The third-order valence-electron chi connectivity index (χ3n) is 3.02. The fraction of sp³-hybridized carbons (Fsp3) is 1.00. The Bertz CT molecular complexity index is 103. The van der Waals surface area contributed by atoms with Crippen molar-refractivity contribution in [2.45, 2.75) is 83.8 Å². The van der Waals surface area contributed by atoms with Crippen molar-refractivity contribution in [3.05, 3.63) is 0 Å². The zero-order valence-corrected chi connectivity index (χ0v) is 13.1. The molecule has 0 saturated heterocycles. The van der Waals surface area contributed by atoms with Crippen molar-refractivity contribution in [1.29, 1.82) is 0 Å². The molecule has 0 aliphatic carbocycles. The molecule has 0 aromatic rings. The highest BCUT2D eigenvalue weighted by Crippen LogP contribution is 2.12. The lowest BCUT2D eigenvalue weighted by molar-refractivity contribution is 0.688. The minimum atomic E-state index is 0.0828. The van der Waals surface area contributed by atoms with Crippen molar-refractivity contribution in [2.24, 2.45) is 0 Å². The van der Waals surface area contributed by atoms with E-state index in [1.807, 2.05) is 0 Å². The van der Waals surface area contributed by atoms with E-state index in [0.717, 1.165) is 0 Å². The molecule has 0 saturated carbocycles. The molecular formula is C13H29Si2. The number of hydrogen-bond donors (Lipinski definition) is 0. The Labute approximate surface area is 101 Å². The highest BCUT2D eigenvalue weighted by Gasteiger charge is 2.07. The average Bonchev–Trinajstić information content (AvgIpc) is 2.27. The molecule has 3 radical (unpaired) electrons. The molecular weight excluding hydrogens is 212 g/mol. The molecule has 0 nitrogen and oxygen atoms in total. The van der Waals surface area contributed by atoms with Gasteiger partial charge in [0.1, 0.15) is 0 Å². The molecule has 0 aromatic heterocycles. The zero-order chi connectivity index (χ0) is 11.4. The van der Waals surface area contributed by atoms with Gasteiger partial charge in [-0.15, -0.1) is 0 Å².